The first-order valence-electron chi connectivity index (χ1n) is 9.04. The zero-order valence-electron chi connectivity index (χ0n) is 14.5. The van der Waals surface area contributed by atoms with Crippen molar-refractivity contribution in [1.82, 2.24) is 14.9 Å². The Hall–Kier alpha value is -2.76. The quantitative estimate of drug-likeness (QED) is 0.917. The number of amides is 1. The monoisotopic (exact) mass is 351 g/mol. The fourth-order valence-corrected chi connectivity index (χ4v) is 4.00. The lowest BCUT2D eigenvalue weighted by molar-refractivity contribution is -0.141. The molecule has 0 saturated carbocycles. The van der Waals surface area contributed by atoms with Gasteiger partial charge in [-0.2, -0.15) is 0 Å². The van der Waals surface area contributed by atoms with Crippen LogP contribution in [0.4, 0.5) is 0 Å². The summed E-state index contributed by atoms with van der Waals surface area (Å²) in [4.78, 5) is 35.1. The fourth-order valence-electron chi connectivity index (χ4n) is 4.00. The summed E-state index contributed by atoms with van der Waals surface area (Å²) in [7, 11) is 0. The van der Waals surface area contributed by atoms with Crippen molar-refractivity contribution in [2.24, 2.45) is 5.92 Å². The van der Waals surface area contributed by atoms with Crippen LogP contribution in [0.3, 0.4) is 0 Å². The minimum Gasteiger partial charge on any atom is -0.481 e. The number of aryl methyl sites for hydroxylation is 2. The van der Waals surface area contributed by atoms with Crippen LogP contribution in [-0.2, 0) is 17.6 Å². The number of carbonyl (C=O) groups excluding carboxylic acids is 1. The number of rotatable bonds is 3. The number of pyridine rings is 2. The summed E-state index contributed by atoms with van der Waals surface area (Å²) in [6.45, 7) is 0.566. The molecule has 134 valence electrons. The van der Waals surface area contributed by atoms with Gasteiger partial charge >= 0.3 is 5.97 Å². The third kappa shape index (κ3) is 3.07. The van der Waals surface area contributed by atoms with Gasteiger partial charge in [0.1, 0.15) is 0 Å². The Kier molecular flexibility index (Phi) is 4.41. The molecule has 2 atom stereocenters. The molecule has 1 N–H and O–H groups in total. The number of hydrogen-bond donors (Lipinski definition) is 1. The van der Waals surface area contributed by atoms with E-state index in [1.54, 1.807) is 23.4 Å². The molecule has 0 unspecified atom stereocenters. The van der Waals surface area contributed by atoms with Crippen molar-refractivity contribution in [2.75, 3.05) is 13.1 Å². The zero-order valence-corrected chi connectivity index (χ0v) is 14.5. The van der Waals surface area contributed by atoms with Crippen LogP contribution in [0.25, 0.3) is 0 Å². The van der Waals surface area contributed by atoms with Crippen molar-refractivity contribution >= 4 is 11.9 Å². The van der Waals surface area contributed by atoms with E-state index < -0.39 is 11.9 Å². The summed E-state index contributed by atoms with van der Waals surface area (Å²) in [6.07, 6.45) is 7.49. The normalized spacial score (nSPS) is 22.1. The molecule has 6 heteroatoms. The van der Waals surface area contributed by atoms with E-state index in [-0.39, 0.29) is 18.4 Å². The molecule has 2 aromatic heterocycles. The van der Waals surface area contributed by atoms with E-state index in [1.807, 2.05) is 18.2 Å². The minimum absolute atomic E-state index is 0.143. The number of likely N-dealkylation sites (tertiary alicyclic amines) is 1. The lowest BCUT2D eigenvalue weighted by Crippen LogP contribution is -2.30. The van der Waals surface area contributed by atoms with Crippen LogP contribution in [0, 0.1) is 5.92 Å². The van der Waals surface area contributed by atoms with Gasteiger partial charge in [0.15, 0.2) is 0 Å². The van der Waals surface area contributed by atoms with Crippen molar-refractivity contribution in [3.05, 3.63) is 59.2 Å². The summed E-state index contributed by atoms with van der Waals surface area (Å²) < 4.78 is 0. The van der Waals surface area contributed by atoms with Gasteiger partial charge in [-0.15, -0.1) is 0 Å². The standard InChI is InChI=1S/C20H21N3O3/c24-19(14-9-13-5-1-2-6-17(13)22-10-14)23-11-15(16(12-23)20(25)26)18-7-3-4-8-21-18/h3-4,7-10,15-16H,1-2,5-6,11-12H2,(H,25,26)/t15-,16-/m1/s1. The lowest BCUT2D eigenvalue weighted by Gasteiger charge is -2.19. The van der Waals surface area contributed by atoms with Gasteiger partial charge in [-0.05, 0) is 49.4 Å². The number of nitrogens with zero attached hydrogens (tertiary/aromatic N) is 3. The highest BCUT2D eigenvalue weighted by Gasteiger charge is 2.41. The summed E-state index contributed by atoms with van der Waals surface area (Å²) in [5.41, 5.74) is 3.51. The van der Waals surface area contributed by atoms with E-state index in [0.29, 0.717) is 12.1 Å². The van der Waals surface area contributed by atoms with Crippen molar-refractivity contribution in [1.29, 1.82) is 0 Å². The average molecular weight is 351 g/mol. The van der Waals surface area contributed by atoms with Gasteiger partial charge in [-0.25, -0.2) is 0 Å². The molecule has 1 saturated heterocycles. The molecule has 1 fully saturated rings. The van der Waals surface area contributed by atoms with Crippen molar-refractivity contribution < 1.29 is 14.7 Å². The number of carboxylic acids is 1. The van der Waals surface area contributed by atoms with Crippen LogP contribution in [0.15, 0.2) is 36.7 Å². The number of aliphatic carboxylic acids is 1. The maximum absolute atomic E-state index is 13.0. The molecule has 1 aliphatic carbocycles. The highest BCUT2D eigenvalue weighted by Crippen LogP contribution is 2.33. The molecule has 1 amide bonds. The van der Waals surface area contributed by atoms with Crippen LogP contribution in [0.2, 0.25) is 0 Å². The SMILES string of the molecule is O=C(O)[C@@H]1CN(C(=O)c2cnc3c(c2)CCCC3)C[C@H]1c1ccccn1. The number of hydrogen-bond acceptors (Lipinski definition) is 4. The second-order valence-corrected chi connectivity index (χ2v) is 7.05. The molecule has 2 aromatic rings. The maximum atomic E-state index is 13.0. The summed E-state index contributed by atoms with van der Waals surface area (Å²) in [6, 6.07) is 7.41. The third-order valence-corrected chi connectivity index (χ3v) is 5.41. The van der Waals surface area contributed by atoms with E-state index in [0.717, 1.165) is 42.6 Å². The molecule has 1 aliphatic heterocycles. The number of fused-ring (bicyclic) bond motifs is 1. The van der Waals surface area contributed by atoms with Gasteiger partial charge in [0.05, 0.1) is 11.5 Å². The Morgan fingerprint density at radius 1 is 1.12 bits per heavy atom. The third-order valence-electron chi connectivity index (χ3n) is 5.41. The summed E-state index contributed by atoms with van der Waals surface area (Å²) in [5.74, 6) is -1.96. The van der Waals surface area contributed by atoms with Crippen LogP contribution < -0.4 is 0 Å². The van der Waals surface area contributed by atoms with Crippen LogP contribution in [0.1, 0.15) is 46.1 Å². The largest absolute Gasteiger partial charge is 0.481 e. The summed E-state index contributed by atoms with van der Waals surface area (Å²) in [5, 5.41) is 9.60. The number of carbonyl (C=O) groups is 2. The van der Waals surface area contributed by atoms with E-state index in [2.05, 4.69) is 9.97 Å². The molecular formula is C20H21N3O3. The molecule has 26 heavy (non-hydrogen) atoms. The molecule has 0 bridgehead atoms. The molecule has 3 heterocycles. The first-order valence-corrected chi connectivity index (χ1v) is 9.04. The van der Waals surface area contributed by atoms with E-state index in [9.17, 15) is 14.7 Å². The van der Waals surface area contributed by atoms with Gasteiger partial charge in [-0.1, -0.05) is 6.07 Å². The van der Waals surface area contributed by atoms with Gasteiger partial charge in [0.2, 0.25) is 0 Å². The minimum atomic E-state index is -0.889. The van der Waals surface area contributed by atoms with Crippen molar-refractivity contribution in [3.63, 3.8) is 0 Å². The molecule has 0 spiro atoms. The molecule has 6 nitrogen and oxygen atoms in total. The lowest BCUT2D eigenvalue weighted by atomic mass is 9.93. The Morgan fingerprint density at radius 2 is 1.96 bits per heavy atom. The van der Waals surface area contributed by atoms with Crippen LogP contribution >= 0.6 is 0 Å². The first kappa shape index (κ1) is 16.7. The summed E-state index contributed by atoms with van der Waals surface area (Å²) >= 11 is 0. The Balaban J connectivity index is 1.58. The maximum Gasteiger partial charge on any atom is 0.309 e. The first-order chi connectivity index (χ1) is 12.6. The molecule has 0 radical (unpaired) electrons. The molecular weight excluding hydrogens is 330 g/mol. The highest BCUT2D eigenvalue weighted by atomic mass is 16.4. The second kappa shape index (κ2) is 6.86. The topological polar surface area (TPSA) is 83.4 Å². The molecule has 0 aromatic carbocycles. The predicted octanol–water partition coefficient (Wildman–Crippen LogP) is 2.30. The van der Waals surface area contributed by atoms with Crippen LogP contribution in [-0.4, -0.2) is 44.9 Å². The van der Waals surface area contributed by atoms with Gasteiger partial charge < -0.3 is 10.0 Å². The number of aromatic nitrogens is 2. The smallest absolute Gasteiger partial charge is 0.309 e. The van der Waals surface area contributed by atoms with Crippen molar-refractivity contribution in [2.45, 2.75) is 31.6 Å². The molecule has 4 rings (SSSR count). The Labute approximate surface area is 151 Å². The Bertz CT molecular complexity index is 837. The van der Waals surface area contributed by atoms with E-state index in [1.165, 1.54) is 0 Å². The highest BCUT2D eigenvalue weighted by molar-refractivity contribution is 5.95. The van der Waals surface area contributed by atoms with E-state index >= 15 is 0 Å². The number of carboxylic acid groups (broad SMARTS) is 1. The van der Waals surface area contributed by atoms with Gasteiger partial charge in [-0.3, -0.25) is 19.6 Å². The van der Waals surface area contributed by atoms with Gasteiger partial charge in [0, 0.05) is 42.8 Å². The van der Waals surface area contributed by atoms with Gasteiger partial charge in [0.25, 0.3) is 5.91 Å². The van der Waals surface area contributed by atoms with Crippen LogP contribution in [0.5, 0.6) is 0 Å². The molecule has 2 aliphatic rings. The predicted molar refractivity (Wildman–Crippen MR) is 94.9 cm³/mol. The van der Waals surface area contributed by atoms with Crippen molar-refractivity contribution in [3.8, 4) is 0 Å². The zero-order chi connectivity index (χ0) is 18.1. The second-order valence-electron chi connectivity index (χ2n) is 7.05. The Morgan fingerprint density at radius 3 is 2.73 bits per heavy atom. The van der Waals surface area contributed by atoms with E-state index in [4.69, 9.17) is 0 Å². The average Bonchev–Trinajstić information content (AvgIpc) is 3.13. The fraction of sp³-hybridized carbons (Fsp3) is 0.400.